The van der Waals surface area contributed by atoms with Crippen LogP contribution in [-0.2, 0) is 13.0 Å². The van der Waals surface area contributed by atoms with Crippen LogP contribution in [0.15, 0.2) is 53.8 Å². The molecule has 1 aromatic heterocycles. The van der Waals surface area contributed by atoms with Crippen molar-refractivity contribution in [1.82, 2.24) is 20.5 Å². The van der Waals surface area contributed by atoms with E-state index in [1.165, 1.54) is 42.4 Å². The summed E-state index contributed by atoms with van der Waals surface area (Å²) in [5.41, 5.74) is 4.01. The molecule has 3 heterocycles. The summed E-state index contributed by atoms with van der Waals surface area (Å²) in [6, 6.07) is 14.9. The number of rotatable bonds is 7. The second-order valence-corrected chi connectivity index (χ2v) is 8.67. The van der Waals surface area contributed by atoms with E-state index in [2.05, 4.69) is 70.8 Å². The number of benzene rings is 1. The lowest BCUT2D eigenvalue weighted by molar-refractivity contribution is 0.114. The van der Waals surface area contributed by atoms with Crippen molar-refractivity contribution in [3.8, 4) is 0 Å². The Morgan fingerprint density at radius 3 is 2.60 bits per heavy atom. The summed E-state index contributed by atoms with van der Waals surface area (Å²) in [4.78, 5) is 11.8. The molecule has 0 aliphatic carbocycles. The van der Waals surface area contributed by atoms with Crippen LogP contribution in [0.5, 0.6) is 0 Å². The van der Waals surface area contributed by atoms with Crippen molar-refractivity contribution < 1.29 is 0 Å². The van der Waals surface area contributed by atoms with Crippen LogP contribution in [-0.4, -0.2) is 47.1 Å². The standard InChI is InChI=1S/C25H35N5/c1-3-27-25(28-14-12-21-11-13-26-17-19(21)2)29-22-15-23-9-10-24(16-22)30(23)18-20-7-5-4-6-8-20/h4-8,11,13,17,22-24H,3,9-10,12,14-16,18H2,1-2H3,(H2,27,28,29). The molecule has 0 saturated carbocycles. The quantitative estimate of drug-likeness (QED) is 0.545. The minimum Gasteiger partial charge on any atom is -0.357 e. The average molecular weight is 406 g/mol. The van der Waals surface area contributed by atoms with Crippen LogP contribution in [0.4, 0.5) is 0 Å². The summed E-state index contributed by atoms with van der Waals surface area (Å²) in [7, 11) is 0. The van der Waals surface area contributed by atoms with Crippen LogP contribution >= 0.6 is 0 Å². The molecule has 2 aliphatic heterocycles. The van der Waals surface area contributed by atoms with Crippen LogP contribution in [0.2, 0.25) is 0 Å². The molecular weight excluding hydrogens is 370 g/mol. The van der Waals surface area contributed by atoms with Gasteiger partial charge in [0, 0.05) is 50.2 Å². The van der Waals surface area contributed by atoms with E-state index in [4.69, 9.17) is 4.99 Å². The lowest BCUT2D eigenvalue weighted by atomic mass is 9.96. The number of aliphatic imine (C=N–C) groups is 1. The molecule has 2 unspecified atom stereocenters. The Bertz CT molecular complexity index is 820. The van der Waals surface area contributed by atoms with E-state index in [1.807, 2.05) is 12.4 Å². The number of guanidine groups is 1. The number of nitrogens with one attached hydrogen (secondary N) is 2. The number of pyridine rings is 1. The Balaban J connectivity index is 1.33. The number of fused-ring (bicyclic) bond motifs is 2. The smallest absolute Gasteiger partial charge is 0.191 e. The molecule has 2 saturated heterocycles. The van der Waals surface area contributed by atoms with Crippen LogP contribution < -0.4 is 10.6 Å². The highest BCUT2D eigenvalue weighted by atomic mass is 15.3. The second kappa shape index (κ2) is 10.1. The summed E-state index contributed by atoms with van der Waals surface area (Å²) < 4.78 is 0. The third-order valence-corrected chi connectivity index (χ3v) is 6.56. The number of hydrogen-bond donors (Lipinski definition) is 2. The molecule has 1 aromatic carbocycles. The lowest BCUT2D eigenvalue weighted by Gasteiger charge is -2.39. The fraction of sp³-hybridized carbons (Fsp3) is 0.520. The Labute approximate surface area is 181 Å². The van der Waals surface area contributed by atoms with Gasteiger partial charge in [-0.3, -0.25) is 14.9 Å². The van der Waals surface area contributed by atoms with E-state index in [0.29, 0.717) is 18.1 Å². The predicted molar refractivity (Wildman–Crippen MR) is 124 cm³/mol. The maximum Gasteiger partial charge on any atom is 0.191 e. The van der Waals surface area contributed by atoms with Crippen molar-refractivity contribution in [2.24, 2.45) is 4.99 Å². The van der Waals surface area contributed by atoms with Gasteiger partial charge < -0.3 is 10.6 Å². The second-order valence-electron chi connectivity index (χ2n) is 8.67. The molecule has 0 spiro atoms. The van der Waals surface area contributed by atoms with Gasteiger partial charge in [0.2, 0.25) is 0 Å². The fourth-order valence-corrected chi connectivity index (χ4v) is 5.03. The predicted octanol–water partition coefficient (Wildman–Crippen LogP) is 3.68. The van der Waals surface area contributed by atoms with Gasteiger partial charge in [-0.2, -0.15) is 0 Å². The first kappa shape index (κ1) is 20.9. The number of aryl methyl sites for hydroxylation is 1. The number of nitrogens with zero attached hydrogens (tertiary/aromatic N) is 3. The topological polar surface area (TPSA) is 52.6 Å². The monoisotopic (exact) mass is 405 g/mol. The van der Waals surface area contributed by atoms with Gasteiger partial charge in [-0.15, -0.1) is 0 Å². The van der Waals surface area contributed by atoms with E-state index < -0.39 is 0 Å². The van der Waals surface area contributed by atoms with Crippen LogP contribution in [0.1, 0.15) is 49.3 Å². The minimum atomic E-state index is 0.509. The zero-order chi connectivity index (χ0) is 20.8. The van der Waals surface area contributed by atoms with E-state index in [-0.39, 0.29) is 0 Å². The first-order chi connectivity index (χ1) is 14.7. The molecule has 2 bridgehead atoms. The van der Waals surface area contributed by atoms with Gasteiger partial charge in [0.25, 0.3) is 0 Å². The number of aromatic nitrogens is 1. The SMILES string of the molecule is CCNC(=NCCc1ccncc1C)NC1CC2CCC(C1)N2Cc1ccccc1. The van der Waals surface area contributed by atoms with Gasteiger partial charge in [-0.05, 0) is 68.7 Å². The molecular formula is C25H35N5. The molecule has 2 atom stereocenters. The zero-order valence-electron chi connectivity index (χ0n) is 18.3. The van der Waals surface area contributed by atoms with Crippen LogP contribution in [0, 0.1) is 6.92 Å². The third kappa shape index (κ3) is 5.20. The highest BCUT2D eigenvalue weighted by Gasteiger charge is 2.40. The van der Waals surface area contributed by atoms with Crippen LogP contribution in [0.25, 0.3) is 0 Å². The highest BCUT2D eigenvalue weighted by molar-refractivity contribution is 5.80. The fourth-order valence-electron chi connectivity index (χ4n) is 5.03. The Morgan fingerprint density at radius 1 is 1.13 bits per heavy atom. The molecule has 5 heteroatoms. The van der Waals surface area contributed by atoms with Gasteiger partial charge in [0.05, 0.1) is 0 Å². The van der Waals surface area contributed by atoms with Crippen LogP contribution in [0.3, 0.4) is 0 Å². The van der Waals surface area contributed by atoms with Crippen molar-refractivity contribution in [3.05, 3.63) is 65.5 Å². The van der Waals surface area contributed by atoms with E-state index in [1.54, 1.807) is 0 Å². The average Bonchev–Trinajstić information content (AvgIpc) is 2.98. The molecule has 0 radical (unpaired) electrons. The third-order valence-electron chi connectivity index (χ3n) is 6.56. The zero-order valence-corrected chi connectivity index (χ0v) is 18.3. The summed E-state index contributed by atoms with van der Waals surface area (Å²) >= 11 is 0. The van der Waals surface area contributed by atoms with E-state index in [0.717, 1.165) is 32.0 Å². The van der Waals surface area contributed by atoms with Crippen molar-refractivity contribution in [3.63, 3.8) is 0 Å². The highest BCUT2D eigenvalue weighted by Crippen LogP contribution is 2.36. The molecule has 2 aromatic rings. The normalized spacial score (nSPS) is 24.1. The van der Waals surface area contributed by atoms with E-state index in [9.17, 15) is 0 Å². The van der Waals surface area contributed by atoms with Crippen molar-refractivity contribution in [2.75, 3.05) is 13.1 Å². The van der Waals surface area contributed by atoms with Crippen molar-refractivity contribution in [1.29, 1.82) is 0 Å². The largest absolute Gasteiger partial charge is 0.357 e. The number of hydrogen-bond acceptors (Lipinski definition) is 3. The lowest BCUT2D eigenvalue weighted by Crippen LogP contribution is -2.52. The summed E-state index contributed by atoms with van der Waals surface area (Å²) in [5, 5.41) is 7.19. The van der Waals surface area contributed by atoms with Crippen molar-refractivity contribution >= 4 is 5.96 Å². The molecule has 30 heavy (non-hydrogen) atoms. The molecule has 0 amide bonds. The Hall–Kier alpha value is -2.40. The first-order valence-corrected chi connectivity index (χ1v) is 11.5. The summed E-state index contributed by atoms with van der Waals surface area (Å²) in [6.45, 7) is 7.02. The molecule has 2 fully saturated rings. The first-order valence-electron chi connectivity index (χ1n) is 11.5. The molecule has 2 N–H and O–H groups in total. The van der Waals surface area contributed by atoms with Gasteiger partial charge in [-0.25, -0.2) is 0 Å². The summed E-state index contributed by atoms with van der Waals surface area (Å²) in [5.74, 6) is 0.963. The van der Waals surface area contributed by atoms with Gasteiger partial charge in [0.15, 0.2) is 5.96 Å². The van der Waals surface area contributed by atoms with Gasteiger partial charge >= 0.3 is 0 Å². The Morgan fingerprint density at radius 2 is 1.90 bits per heavy atom. The minimum absolute atomic E-state index is 0.509. The maximum atomic E-state index is 4.86. The van der Waals surface area contributed by atoms with Gasteiger partial charge in [0.1, 0.15) is 0 Å². The van der Waals surface area contributed by atoms with E-state index >= 15 is 0 Å². The van der Waals surface area contributed by atoms with Crippen molar-refractivity contribution in [2.45, 2.75) is 70.6 Å². The molecule has 4 rings (SSSR count). The summed E-state index contributed by atoms with van der Waals surface area (Å²) in [6.07, 6.45) is 9.81. The number of piperidine rings is 1. The molecule has 2 aliphatic rings. The van der Waals surface area contributed by atoms with Gasteiger partial charge in [-0.1, -0.05) is 30.3 Å². The molecule has 160 valence electrons. The molecule has 5 nitrogen and oxygen atoms in total. The Kier molecular flexibility index (Phi) is 7.00. The maximum absolute atomic E-state index is 4.86.